The predicted octanol–water partition coefficient (Wildman–Crippen LogP) is 4.42. The first-order valence-corrected chi connectivity index (χ1v) is 7.11. The van der Waals surface area contributed by atoms with Gasteiger partial charge < -0.3 is 0 Å². The Bertz CT molecular complexity index is 265. The Kier molecular flexibility index (Phi) is 4.62. The van der Waals surface area contributed by atoms with Gasteiger partial charge in [-0.2, -0.15) is 0 Å². The van der Waals surface area contributed by atoms with Crippen LogP contribution in [-0.4, -0.2) is 5.78 Å². The number of hydrogen-bond donors (Lipinski definition) is 0. The largest absolute Gasteiger partial charge is 0.294 e. The summed E-state index contributed by atoms with van der Waals surface area (Å²) in [5.41, 5.74) is 1.16. The van der Waals surface area contributed by atoms with Crippen LogP contribution in [0.3, 0.4) is 0 Å². The number of hydrogen-bond acceptors (Lipinski definition) is 1. The van der Waals surface area contributed by atoms with E-state index in [1.807, 2.05) is 0 Å². The highest BCUT2D eigenvalue weighted by Crippen LogP contribution is 2.29. The third-order valence-electron chi connectivity index (χ3n) is 4.09. The number of ketones is 1. The van der Waals surface area contributed by atoms with Gasteiger partial charge in [-0.1, -0.05) is 44.6 Å². The molecule has 1 atom stereocenters. The third kappa shape index (κ3) is 3.20. The van der Waals surface area contributed by atoms with Crippen molar-refractivity contribution in [3.63, 3.8) is 0 Å². The monoisotopic (exact) mass is 220 g/mol. The minimum absolute atomic E-state index is 0.374. The van der Waals surface area contributed by atoms with Crippen molar-refractivity contribution in [2.45, 2.75) is 70.6 Å². The molecule has 2 aliphatic rings. The van der Waals surface area contributed by atoms with Gasteiger partial charge in [0.1, 0.15) is 0 Å². The highest BCUT2D eigenvalue weighted by molar-refractivity contribution is 5.97. The molecule has 0 aromatic carbocycles. The standard InChI is InChI=1S/C15H24O/c16-15-13-9-6-4-2-1-3-5-7-10-14(15)12-8-11-13/h11,14H,1-10,12H2. The van der Waals surface area contributed by atoms with Gasteiger partial charge in [-0.05, 0) is 37.7 Å². The van der Waals surface area contributed by atoms with Crippen LogP contribution in [0.1, 0.15) is 70.6 Å². The minimum atomic E-state index is 0.374. The van der Waals surface area contributed by atoms with Crippen LogP contribution in [0, 0.1) is 5.92 Å². The first kappa shape index (κ1) is 11.9. The fourth-order valence-electron chi connectivity index (χ4n) is 3.04. The second-order valence-corrected chi connectivity index (χ2v) is 5.38. The molecule has 1 nitrogen and oxygen atoms in total. The van der Waals surface area contributed by atoms with Crippen molar-refractivity contribution in [3.05, 3.63) is 11.6 Å². The summed E-state index contributed by atoms with van der Waals surface area (Å²) in [5.74, 6) is 0.867. The van der Waals surface area contributed by atoms with Crippen molar-refractivity contribution in [2.75, 3.05) is 0 Å². The molecule has 0 heterocycles. The van der Waals surface area contributed by atoms with Crippen molar-refractivity contribution in [2.24, 2.45) is 5.92 Å². The van der Waals surface area contributed by atoms with Gasteiger partial charge in [-0.15, -0.1) is 0 Å². The molecule has 90 valence electrons. The van der Waals surface area contributed by atoms with Crippen molar-refractivity contribution in [1.82, 2.24) is 0 Å². The molecule has 0 N–H and O–H groups in total. The van der Waals surface area contributed by atoms with Gasteiger partial charge in [0.25, 0.3) is 0 Å². The summed E-state index contributed by atoms with van der Waals surface area (Å²) in [7, 11) is 0. The van der Waals surface area contributed by atoms with Gasteiger partial charge in [0, 0.05) is 5.92 Å². The van der Waals surface area contributed by atoms with E-state index < -0.39 is 0 Å². The quantitative estimate of drug-likeness (QED) is 0.590. The summed E-state index contributed by atoms with van der Waals surface area (Å²) < 4.78 is 0. The van der Waals surface area contributed by atoms with Gasteiger partial charge in [0.05, 0.1) is 0 Å². The zero-order chi connectivity index (χ0) is 11.2. The first-order chi connectivity index (χ1) is 7.88. The lowest BCUT2D eigenvalue weighted by Crippen LogP contribution is -2.20. The number of carbonyl (C=O) groups is 1. The van der Waals surface area contributed by atoms with Crippen LogP contribution in [0.15, 0.2) is 11.6 Å². The zero-order valence-corrected chi connectivity index (χ0v) is 10.3. The molecule has 0 aromatic rings. The van der Waals surface area contributed by atoms with Crippen LogP contribution in [0.2, 0.25) is 0 Å². The maximum Gasteiger partial charge on any atom is 0.161 e. The Labute approximate surface area is 99.3 Å². The van der Waals surface area contributed by atoms with Crippen LogP contribution in [0.4, 0.5) is 0 Å². The van der Waals surface area contributed by atoms with E-state index in [1.165, 1.54) is 44.9 Å². The third-order valence-corrected chi connectivity index (χ3v) is 4.09. The van der Waals surface area contributed by atoms with Gasteiger partial charge in [-0.25, -0.2) is 0 Å². The molecule has 0 radical (unpaired) electrons. The molecule has 0 aromatic heterocycles. The second-order valence-electron chi connectivity index (χ2n) is 5.38. The van der Waals surface area contributed by atoms with Gasteiger partial charge in [0.15, 0.2) is 5.78 Å². The number of allylic oxidation sites excluding steroid dienone is 2. The number of rotatable bonds is 0. The molecule has 16 heavy (non-hydrogen) atoms. The molecular formula is C15H24O. The second kappa shape index (κ2) is 6.22. The van der Waals surface area contributed by atoms with E-state index in [4.69, 9.17) is 0 Å². The molecule has 1 fully saturated rings. The van der Waals surface area contributed by atoms with Crippen LogP contribution < -0.4 is 0 Å². The first-order valence-electron chi connectivity index (χ1n) is 7.11. The number of fused-ring (bicyclic) bond motifs is 2. The number of carbonyl (C=O) groups excluding carboxylic acids is 1. The van der Waals surface area contributed by atoms with Crippen molar-refractivity contribution in [1.29, 1.82) is 0 Å². The summed E-state index contributed by atoms with van der Waals surface area (Å²) >= 11 is 0. The van der Waals surface area contributed by atoms with Crippen LogP contribution in [0.25, 0.3) is 0 Å². The lowest BCUT2D eigenvalue weighted by atomic mass is 9.82. The molecule has 0 saturated heterocycles. The van der Waals surface area contributed by atoms with Gasteiger partial charge in [0.2, 0.25) is 0 Å². The van der Waals surface area contributed by atoms with E-state index in [9.17, 15) is 4.79 Å². The van der Waals surface area contributed by atoms with E-state index in [0.717, 1.165) is 31.3 Å². The predicted molar refractivity (Wildman–Crippen MR) is 67.4 cm³/mol. The van der Waals surface area contributed by atoms with E-state index in [-0.39, 0.29) is 0 Å². The minimum Gasteiger partial charge on any atom is -0.294 e. The number of Topliss-reactive ketones (excluding diaryl/α,β-unsaturated/α-hetero) is 1. The summed E-state index contributed by atoms with van der Waals surface area (Å²) in [5, 5.41) is 0. The van der Waals surface area contributed by atoms with E-state index >= 15 is 0 Å². The van der Waals surface area contributed by atoms with Gasteiger partial charge >= 0.3 is 0 Å². The Morgan fingerprint density at radius 3 is 2.38 bits per heavy atom. The van der Waals surface area contributed by atoms with E-state index in [2.05, 4.69) is 6.08 Å². The highest BCUT2D eigenvalue weighted by atomic mass is 16.1. The summed E-state index contributed by atoms with van der Waals surface area (Å²) in [4.78, 5) is 12.2. The summed E-state index contributed by atoms with van der Waals surface area (Å²) in [6, 6.07) is 0. The Morgan fingerprint density at radius 2 is 1.56 bits per heavy atom. The molecule has 2 aliphatic carbocycles. The molecule has 1 unspecified atom stereocenters. The van der Waals surface area contributed by atoms with Crippen molar-refractivity contribution >= 4 is 5.78 Å². The molecule has 0 amide bonds. The summed E-state index contributed by atoms with van der Waals surface area (Å²) in [6.45, 7) is 0. The smallest absolute Gasteiger partial charge is 0.161 e. The SMILES string of the molecule is O=C1C2=CCCC1CCCCCCCCC2. The van der Waals surface area contributed by atoms with Crippen LogP contribution in [-0.2, 0) is 4.79 Å². The Balaban J connectivity index is 1.96. The van der Waals surface area contributed by atoms with Gasteiger partial charge in [-0.3, -0.25) is 4.79 Å². The summed E-state index contributed by atoms with van der Waals surface area (Å²) in [6.07, 6.45) is 16.0. The van der Waals surface area contributed by atoms with Crippen LogP contribution >= 0.6 is 0 Å². The lowest BCUT2D eigenvalue weighted by Gasteiger charge is -2.22. The zero-order valence-electron chi connectivity index (χ0n) is 10.3. The molecule has 2 rings (SSSR count). The van der Waals surface area contributed by atoms with E-state index in [0.29, 0.717) is 11.7 Å². The molecule has 1 heteroatoms. The molecule has 1 saturated carbocycles. The average Bonchev–Trinajstić information content (AvgIpc) is 2.30. The topological polar surface area (TPSA) is 17.1 Å². The highest BCUT2D eigenvalue weighted by Gasteiger charge is 2.24. The molecular weight excluding hydrogens is 196 g/mol. The molecule has 2 bridgehead atoms. The Hall–Kier alpha value is -0.590. The molecule has 0 aliphatic heterocycles. The maximum absolute atomic E-state index is 12.2. The molecule has 0 spiro atoms. The lowest BCUT2D eigenvalue weighted by molar-refractivity contribution is -0.120. The normalized spacial score (nSPS) is 28.9. The fourth-order valence-corrected chi connectivity index (χ4v) is 3.04. The van der Waals surface area contributed by atoms with Crippen molar-refractivity contribution < 1.29 is 4.79 Å². The van der Waals surface area contributed by atoms with Crippen molar-refractivity contribution in [3.8, 4) is 0 Å². The fraction of sp³-hybridized carbons (Fsp3) is 0.800. The average molecular weight is 220 g/mol. The Morgan fingerprint density at radius 1 is 0.875 bits per heavy atom. The maximum atomic E-state index is 12.2. The van der Waals surface area contributed by atoms with Crippen LogP contribution in [0.5, 0.6) is 0 Å². The van der Waals surface area contributed by atoms with E-state index in [1.54, 1.807) is 0 Å².